The molecule has 0 fully saturated rings. The molecule has 33 heavy (non-hydrogen) atoms. The Morgan fingerprint density at radius 1 is 0.970 bits per heavy atom. The number of amides is 2. The average Bonchev–Trinajstić information content (AvgIpc) is 2.83. The number of benzene rings is 3. The van der Waals surface area contributed by atoms with Gasteiger partial charge in [0.05, 0.1) is 13.3 Å². The normalized spacial score (nSPS) is 10.5. The molecule has 2 N–H and O–H groups in total. The van der Waals surface area contributed by atoms with Gasteiger partial charge in [0.1, 0.15) is 19.0 Å². The second-order valence-electron chi connectivity index (χ2n) is 6.94. The van der Waals surface area contributed by atoms with Gasteiger partial charge >= 0.3 is 6.03 Å². The molecule has 0 spiro atoms. The molecular weight excluding hydrogens is 418 g/mol. The number of nitrogens with one attached hydrogen (secondary N) is 2. The lowest BCUT2D eigenvalue weighted by Crippen LogP contribution is -2.24. The predicted molar refractivity (Wildman–Crippen MR) is 131 cm³/mol. The van der Waals surface area contributed by atoms with Gasteiger partial charge in [0.2, 0.25) is 0 Å². The van der Waals surface area contributed by atoms with E-state index in [1.165, 1.54) is 0 Å². The Balaban J connectivity index is 1.45. The first-order valence-corrected chi connectivity index (χ1v) is 10.5. The summed E-state index contributed by atoms with van der Waals surface area (Å²) in [5.41, 5.74) is 5.01. The van der Waals surface area contributed by atoms with Crippen LogP contribution >= 0.6 is 0 Å². The summed E-state index contributed by atoms with van der Waals surface area (Å²) < 4.78 is 17.0. The largest absolute Gasteiger partial charge is 0.493 e. The summed E-state index contributed by atoms with van der Waals surface area (Å²) >= 11 is 0. The van der Waals surface area contributed by atoms with Crippen LogP contribution in [0.1, 0.15) is 11.1 Å². The Kier molecular flexibility index (Phi) is 8.91. The van der Waals surface area contributed by atoms with Gasteiger partial charge in [0.15, 0.2) is 11.5 Å². The average molecular weight is 446 g/mol. The monoisotopic (exact) mass is 445 g/mol. The molecule has 7 nitrogen and oxygen atoms in total. The Labute approximate surface area is 193 Å². The SMILES string of the molecule is C=CCc1ccc(OCCOc2cccc(C=NNC(=O)Nc3ccccc3)c2)c(OC)c1. The van der Waals surface area contributed by atoms with E-state index in [1.54, 1.807) is 25.5 Å². The van der Waals surface area contributed by atoms with Crippen LogP contribution < -0.4 is 25.0 Å². The van der Waals surface area contributed by atoms with Crippen LogP contribution in [0.3, 0.4) is 0 Å². The Hall–Kier alpha value is -4.26. The van der Waals surface area contributed by atoms with Crippen LogP contribution in [-0.2, 0) is 6.42 Å². The van der Waals surface area contributed by atoms with Crippen LogP contribution in [0.15, 0.2) is 90.6 Å². The maximum absolute atomic E-state index is 11.9. The minimum Gasteiger partial charge on any atom is -0.493 e. The molecule has 3 aromatic carbocycles. The zero-order chi connectivity index (χ0) is 23.3. The summed E-state index contributed by atoms with van der Waals surface area (Å²) in [6, 6.07) is 21.9. The van der Waals surface area contributed by atoms with Crippen molar-refractivity contribution >= 4 is 17.9 Å². The third-order valence-corrected chi connectivity index (χ3v) is 4.49. The molecule has 0 saturated heterocycles. The molecule has 3 aromatic rings. The molecule has 0 aliphatic rings. The van der Waals surface area contributed by atoms with Gasteiger partial charge in [-0.05, 0) is 53.9 Å². The standard InChI is InChI=1S/C26H27N3O4/c1-3-8-20-13-14-24(25(18-20)31-2)33-16-15-32-23-12-7-9-21(17-23)19-27-29-26(30)28-22-10-5-4-6-11-22/h3-7,9-14,17-19H,1,8,15-16H2,2H3,(H2,28,29,30). The van der Waals surface area contributed by atoms with Gasteiger partial charge in [-0.25, -0.2) is 10.2 Å². The van der Waals surface area contributed by atoms with Gasteiger partial charge in [0, 0.05) is 5.69 Å². The lowest BCUT2D eigenvalue weighted by atomic mass is 10.1. The number of anilines is 1. The summed E-state index contributed by atoms with van der Waals surface area (Å²) in [6.45, 7) is 4.47. The van der Waals surface area contributed by atoms with Crippen molar-refractivity contribution in [1.82, 2.24) is 5.43 Å². The van der Waals surface area contributed by atoms with E-state index in [4.69, 9.17) is 14.2 Å². The zero-order valence-corrected chi connectivity index (χ0v) is 18.5. The molecule has 7 heteroatoms. The number of para-hydroxylation sites is 1. The Morgan fingerprint density at radius 2 is 1.79 bits per heavy atom. The predicted octanol–water partition coefficient (Wildman–Crippen LogP) is 5.04. The minimum atomic E-state index is -0.421. The maximum Gasteiger partial charge on any atom is 0.339 e. The van der Waals surface area contributed by atoms with Crippen molar-refractivity contribution in [3.8, 4) is 17.2 Å². The number of carbonyl (C=O) groups excluding carboxylic acids is 1. The fraction of sp³-hybridized carbons (Fsp3) is 0.154. The molecule has 2 amide bonds. The lowest BCUT2D eigenvalue weighted by Gasteiger charge is -2.12. The van der Waals surface area contributed by atoms with E-state index in [0.29, 0.717) is 36.1 Å². The molecular formula is C26H27N3O4. The third kappa shape index (κ3) is 7.74. The maximum atomic E-state index is 11.9. The second-order valence-corrected chi connectivity index (χ2v) is 6.94. The highest BCUT2D eigenvalue weighted by molar-refractivity contribution is 5.90. The highest BCUT2D eigenvalue weighted by atomic mass is 16.5. The van der Waals surface area contributed by atoms with E-state index in [1.807, 2.05) is 66.7 Å². The Morgan fingerprint density at radius 3 is 2.58 bits per heavy atom. The van der Waals surface area contributed by atoms with Crippen LogP contribution in [0.2, 0.25) is 0 Å². The van der Waals surface area contributed by atoms with Gasteiger partial charge in [0.25, 0.3) is 0 Å². The lowest BCUT2D eigenvalue weighted by molar-refractivity contribution is 0.211. The van der Waals surface area contributed by atoms with Gasteiger partial charge in [-0.2, -0.15) is 5.10 Å². The summed E-state index contributed by atoms with van der Waals surface area (Å²) in [7, 11) is 1.61. The van der Waals surface area contributed by atoms with E-state index in [-0.39, 0.29) is 0 Å². The van der Waals surface area contributed by atoms with Crippen molar-refractivity contribution in [3.63, 3.8) is 0 Å². The van der Waals surface area contributed by atoms with Crippen molar-refractivity contribution in [2.45, 2.75) is 6.42 Å². The number of methoxy groups -OCH3 is 1. The van der Waals surface area contributed by atoms with Crippen molar-refractivity contribution in [2.75, 3.05) is 25.6 Å². The van der Waals surface area contributed by atoms with E-state index in [2.05, 4.69) is 22.4 Å². The summed E-state index contributed by atoms with van der Waals surface area (Å²) in [5.74, 6) is 2.01. The van der Waals surface area contributed by atoms with E-state index in [0.717, 1.165) is 17.5 Å². The molecule has 0 heterocycles. The topological polar surface area (TPSA) is 81.2 Å². The minimum absolute atomic E-state index is 0.357. The molecule has 0 unspecified atom stereocenters. The molecule has 170 valence electrons. The van der Waals surface area contributed by atoms with E-state index >= 15 is 0 Å². The molecule has 3 rings (SSSR count). The number of urea groups is 1. The quantitative estimate of drug-likeness (QED) is 0.188. The van der Waals surface area contributed by atoms with Crippen LogP contribution in [0.4, 0.5) is 10.5 Å². The first-order valence-electron chi connectivity index (χ1n) is 10.5. The zero-order valence-electron chi connectivity index (χ0n) is 18.5. The van der Waals surface area contributed by atoms with E-state index in [9.17, 15) is 4.79 Å². The molecule has 0 radical (unpaired) electrons. The van der Waals surface area contributed by atoms with Crippen molar-refractivity contribution in [3.05, 3.63) is 96.6 Å². The second kappa shape index (κ2) is 12.6. The highest BCUT2D eigenvalue weighted by Gasteiger charge is 2.06. The van der Waals surface area contributed by atoms with Crippen LogP contribution in [0.25, 0.3) is 0 Å². The van der Waals surface area contributed by atoms with Crippen LogP contribution in [-0.4, -0.2) is 32.6 Å². The number of hydrogen-bond acceptors (Lipinski definition) is 5. The molecule has 0 aliphatic carbocycles. The molecule has 0 aromatic heterocycles. The number of ether oxygens (including phenoxy) is 3. The molecule has 0 bridgehead atoms. The van der Waals surface area contributed by atoms with Crippen molar-refractivity contribution in [1.29, 1.82) is 0 Å². The summed E-state index contributed by atoms with van der Waals surface area (Å²) in [4.78, 5) is 11.9. The van der Waals surface area contributed by atoms with E-state index < -0.39 is 6.03 Å². The van der Waals surface area contributed by atoms with Gasteiger partial charge < -0.3 is 19.5 Å². The number of hydrogen-bond donors (Lipinski definition) is 2. The smallest absolute Gasteiger partial charge is 0.339 e. The third-order valence-electron chi connectivity index (χ3n) is 4.49. The number of hydrazone groups is 1. The Bertz CT molecular complexity index is 1080. The number of nitrogens with zero attached hydrogens (tertiary/aromatic N) is 1. The van der Waals surface area contributed by atoms with Gasteiger partial charge in [-0.15, -0.1) is 6.58 Å². The molecule has 0 saturated carbocycles. The van der Waals surface area contributed by atoms with Crippen molar-refractivity contribution in [2.24, 2.45) is 5.10 Å². The fourth-order valence-electron chi connectivity index (χ4n) is 2.97. The first kappa shape index (κ1) is 23.4. The molecule has 0 aliphatic heterocycles. The number of allylic oxidation sites excluding steroid dienone is 1. The number of carbonyl (C=O) groups is 1. The number of rotatable bonds is 11. The first-order chi connectivity index (χ1) is 16.2. The molecule has 0 atom stereocenters. The fourth-order valence-corrected chi connectivity index (χ4v) is 2.97. The summed E-state index contributed by atoms with van der Waals surface area (Å²) in [5, 5.41) is 6.66. The summed E-state index contributed by atoms with van der Waals surface area (Å²) in [6.07, 6.45) is 4.16. The highest BCUT2D eigenvalue weighted by Crippen LogP contribution is 2.28. The van der Waals surface area contributed by atoms with Gasteiger partial charge in [-0.1, -0.05) is 42.5 Å². The van der Waals surface area contributed by atoms with Crippen LogP contribution in [0, 0.1) is 0 Å². The van der Waals surface area contributed by atoms with Crippen molar-refractivity contribution < 1.29 is 19.0 Å². The van der Waals surface area contributed by atoms with Gasteiger partial charge in [-0.3, -0.25) is 0 Å². The van der Waals surface area contributed by atoms with Crippen LogP contribution in [0.5, 0.6) is 17.2 Å².